The van der Waals surface area contributed by atoms with Crippen LogP contribution < -0.4 is 15.6 Å². The summed E-state index contributed by atoms with van der Waals surface area (Å²) in [5, 5.41) is 28.2. The van der Waals surface area contributed by atoms with E-state index in [2.05, 4.69) is 4.90 Å². The van der Waals surface area contributed by atoms with E-state index in [1.807, 2.05) is 30.3 Å². The number of amidine groups is 2. The van der Waals surface area contributed by atoms with Crippen molar-refractivity contribution in [1.29, 1.82) is 10.8 Å². The summed E-state index contributed by atoms with van der Waals surface area (Å²) in [4.78, 5) is 14.9. The van der Waals surface area contributed by atoms with Gasteiger partial charge < -0.3 is 25.3 Å². The molecular weight excluding hydrogens is 507 g/mol. The van der Waals surface area contributed by atoms with Crippen molar-refractivity contribution in [3.63, 3.8) is 0 Å². The molecule has 2 aromatic carbocycles. The number of nitrogens with zero attached hydrogens (tertiary/aromatic N) is 1. The molecule has 188 valence electrons. The fraction of sp³-hybridized carbons (Fsp3) is 0.320. The van der Waals surface area contributed by atoms with Crippen molar-refractivity contribution in [3.8, 4) is 5.75 Å². The predicted octanol–water partition coefficient (Wildman–Crippen LogP) is 3.80. The lowest BCUT2D eigenvalue weighted by Gasteiger charge is -2.19. The Labute approximate surface area is 221 Å². The second kappa shape index (κ2) is 12.2. The monoisotopic (exact) mass is 535 g/mol. The number of carboxylic acids is 1. The molecule has 4 rings (SSSR count). The van der Waals surface area contributed by atoms with E-state index in [-0.39, 0.29) is 30.6 Å². The zero-order valence-electron chi connectivity index (χ0n) is 19.3. The van der Waals surface area contributed by atoms with Gasteiger partial charge in [-0.05, 0) is 67.1 Å². The maximum Gasteiger partial charge on any atom is 0.122 e. The van der Waals surface area contributed by atoms with Crippen molar-refractivity contribution in [2.75, 3.05) is 19.7 Å². The molecular formula is C25H29Cl2N4O3S-. The summed E-state index contributed by atoms with van der Waals surface area (Å²) in [6.07, 6.45) is 1.34. The van der Waals surface area contributed by atoms with Crippen LogP contribution in [0.2, 0.25) is 0 Å². The Morgan fingerprint density at radius 1 is 1.20 bits per heavy atom. The lowest BCUT2D eigenvalue weighted by molar-refractivity contribution is -0.308. The minimum absolute atomic E-state index is 0. The molecule has 1 aromatic heterocycles. The van der Waals surface area contributed by atoms with Gasteiger partial charge >= 0.3 is 0 Å². The third-order valence-corrected chi connectivity index (χ3v) is 7.23. The number of hydrogen-bond donors (Lipinski definition) is 3. The highest BCUT2D eigenvalue weighted by molar-refractivity contribution is 7.19. The molecule has 0 spiro atoms. The normalized spacial score (nSPS) is 15.7. The van der Waals surface area contributed by atoms with E-state index in [0.29, 0.717) is 41.7 Å². The van der Waals surface area contributed by atoms with Crippen LogP contribution in [0.1, 0.15) is 35.3 Å². The average Bonchev–Trinajstić information content (AvgIpc) is 3.42. The first-order valence-electron chi connectivity index (χ1n) is 10.9. The van der Waals surface area contributed by atoms with Crippen molar-refractivity contribution < 1.29 is 14.6 Å². The molecule has 2 atom stereocenters. The molecule has 2 heterocycles. The fourth-order valence-electron chi connectivity index (χ4n) is 4.19. The number of halogens is 2. The minimum atomic E-state index is -1.11. The van der Waals surface area contributed by atoms with E-state index < -0.39 is 11.9 Å². The molecule has 10 heteroatoms. The SMILES string of the molecule is CC(=N)N1CCC(COc2ccc(C(Cc3cc4cc(C(=N)N)ccc4s3)C(=O)[O-])cc2)C1.Cl.Cl. The second-order valence-corrected chi connectivity index (χ2v) is 9.69. The van der Waals surface area contributed by atoms with E-state index in [4.69, 9.17) is 21.3 Å². The van der Waals surface area contributed by atoms with E-state index in [1.54, 1.807) is 25.1 Å². The van der Waals surface area contributed by atoms with E-state index in [9.17, 15) is 9.90 Å². The van der Waals surface area contributed by atoms with Gasteiger partial charge in [-0.15, -0.1) is 36.2 Å². The second-order valence-electron chi connectivity index (χ2n) is 8.52. The molecule has 0 bridgehead atoms. The standard InChI is InChI=1S/C25H28N4O3S.2ClH/c1-15(26)29-9-8-16(13-29)14-32-20-5-2-17(3-6-20)22(25(30)31)12-21-11-19-10-18(24(27)28)4-7-23(19)33-21;;/h2-7,10-11,16,22,26H,8-9,12-14H2,1H3,(H3,27,28)(H,30,31);2*1H/p-1. The van der Waals surface area contributed by atoms with Gasteiger partial charge in [-0.1, -0.05) is 12.1 Å². The van der Waals surface area contributed by atoms with Crippen molar-refractivity contribution in [1.82, 2.24) is 4.90 Å². The molecule has 2 unspecified atom stereocenters. The van der Waals surface area contributed by atoms with E-state index in [0.717, 1.165) is 34.5 Å². The summed E-state index contributed by atoms with van der Waals surface area (Å²) >= 11 is 1.54. The first-order chi connectivity index (χ1) is 15.8. The van der Waals surface area contributed by atoms with Crippen LogP contribution >= 0.6 is 36.2 Å². The Morgan fingerprint density at radius 2 is 1.91 bits per heavy atom. The third kappa shape index (κ3) is 6.87. The molecule has 0 saturated carbocycles. The molecule has 1 aliphatic heterocycles. The van der Waals surface area contributed by atoms with Crippen LogP contribution in [-0.4, -0.2) is 42.2 Å². The van der Waals surface area contributed by atoms with Crippen molar-refractivity contribution in [2.24, 2.45) is 11.7 Å². The smallest absolute Gasteiger partial charge is 0.122 e. The number of ether oxygens (including phenoxy) is 1. The lowest BCUT2D eigenvalue weighted by atomic mass is 9.95. The van der Waals surface area contributed by atoms with Crippen LogP contribution in [0.15, 0.2) is 48.5 Å². The van der Waals surface area contributed by atoms with Crippen LogP contribution in [0.25, 0.3) is 10.1 Å². The highest BCUT2D eigenvalue weighted by Crippen LogP contribution is 2.31. The maximum atomic E-state index is 11.9. The molecule has 4 N–H and O–H groups in total. The lowest BCUT2D eigenvalue weighted by Crippen LogP contribution is -2.30. The number of rotatable bonds is 8. The predicted molar refractivity (Wildman–Crippen MR) is 144 cm³/mol. The Bertz CT molecular complexity index is 1200. The number of nitrogens with two attached hydrogens (primary N) is 1. The molecule has 0 amide bonds. The molecule has 3 aromatic rings. The summed E-state index contributed by atoms with van der Waals surface area (Å²) in [6, 6.07) is 14.7. The Kier molecular flexibility index (Phi) is 9.94. The number of nitrogens with one attached hydrogen (secondary N) is 2. The number of benzene rings is 2. The first kappa shape index (κ1) is 28.4. The number of carbonyl (C=O) groups excluding carboxylic acids is 1. The quantitative estimate of drug-likeness (QED) is 0.298. The van der Waals surface area contributed by atoms with Crippen molar-refractivity contribution in [3.05, 3.63) is 64.5 Å². The number of fused-ring (bicyclic) bond motifs is 1. The number of aliphatic carboxylic acids is 1. The van der Waals surface area contributed by atoms with Gasteiger partial charge in [0.2, 0.25) is 0 Å². The summed E-state index contributed by atoms with van der Waals surface area (Å²) < 4.78 is 6.94. The van der Waals surface area contributed by atoms with E-state index >= 15 is 0 Å². The summed E-state index contributed by atoms with van der Waals surface area (Å²) in [6.45, 7) is 4.11. The number of hydrogen-bond acceptors (Lipinski definition) is 6. The summed E-state index contributed by atoms with van der Waals surface area (Å²) in [5.74, 6) is -0.184. The summed E-state index contributed by atoms with van der Waals surface area (Å²) in [7, 11) is 0. The molecule has 0 aliphatic carbocycles. The average molecular weight is 537 g/mol. The van der Waals surface area contributed by atoms with Gasteiger partial charge in [-0.25, -0.2) is 0 Å². The highest BCUT2D eigenvalue weighted by atomic mass is 35.5. The van der Waals surface area contributed by atoms with Crippen LogP contribution in [0, 0.1) is 16.7 Å². The maximum absolute atomic E-state index is 11.9. The molecule has 1 aliphatic rings. The van der Waals surface area contributed by atoms with Gasteiger partial charge in [0, 0.05) is 46.0 Å². The fourth-order valence-corrected chi connectivity index (χ4v) is 5.28. The van der Waals surface area contributed by atoms with Crippen LogP contribution in [0.4, 0.5) is 0 Å². The Balaban J connectivity index is 0.00000216. The van der Waals surface area contributed by atoms with Gasteiger partial charge in [0.1, 0.15) is 11.6 Å². The molecule has 0 radical (unpaired) electrons. The van der Waals surface area contributed by atoms with E-state index in [1.165, 1.54) is 11.3 Å². The Morgan fingerprint density at radius 3 is 2.51 bits per heavy atom. The zero-order valence-corrected chi connectivity index (χ0v) is 21.7. The van der Waals surface area contributed by atoms with Gasteiger partial charge in [-0.2, -0.15) is 0 Å². The third-order valence-electron chi connectivity index (χ3n) is 6.10. The zero-order chi connectivity index (χ0) is 23.5. The van der Waals surface area contributed by atoms with Crippen LogP contribution in [0.3, 0.4) is 0 Å². The molecule has 7 nitrogen and oxygen atoms in total. The number of nitrogen functional groups attached to an aromatic ring is 1. The topological polar surface area (TPSA) is 126 Å². The number of carboxylic acid groups (broad SMARTS) is 1. The van der Waals surface area contributed by atoms with Crippen LogP contribution in [0.5, 0.6) is 5.75 Å². The van der Waals surface area contributed by atoms with Crippen molar-refractivity contribution >= 4 is 63.9 Å². The number of likely N-dealkylation sites (tertiary alicyclic amines) is 1. The highest BCUT2D eigenvalue weighted by Gasteiger charge is 2.23. The molecule has 35 heavy (non-hydrogen) atoms. The summed E-state index contributed by atoms with van der Waals surface area (Å²) in [5.41, 5.74) is 6.90. The van der Waals surface area contributed by atoms with Crippen LogP contribution in [-0.2, 0) is 11.2 Å². The van der Waals surface area contributed by atoms with Crippen molar-refractivity contribution in [2.45, 2.75) is 25.7 Å². The molecule has 1 fully saturated rings. The van der Waals surface area contributed by atoms with Gasteiger partial charge in [0.15, 0.2) is 0 Å². The Hall–Kier alpha value is -2.81. The first-order valence-corrected chi connectivity index (χ1v) is 11.7. The minimum Gasteiger partial charge on any atom is -0.549 e. The molecule has 1 saturated heterocycles. The number of carbonyl (C=O) groups is 1. The number of thiophene rings is 1. The van der Waals surface area contributed by atoms with Gasteiger partial charge in [0.25, 0.3) is 0 Å². The van der Waals surface area contributed by atoms with Gasteiger partial charge in [-0.3, -0.25) is 10.8 Å². The largest absolute Gasteiger partial charge is 0.549 e. The van der Waals surface area contributed by atoms with Gasteiger partial charge in [0.05, 0.1) is 12.4 Å².